The molecule has 0 rings (SSSR count). The van der Waals surface area contributed by atoms with Crippen molar-refractivity contribution in [2.45, 2.75) is 0 Å². The SMILES string of the molecule is [Cu+].[NH-]NC(N)=O. The minimum atomic E-state index is -0.829. The first-order valence-electron chi connectivity index (χ1n) is 0.993. The molecule has 0 aliphatic rings. The molecule has 0 aliphatic heterocycles. The molecular weight excluding hydrogens is 134 g/mol. The zero-order valence-electron chi connectivity index (χ0n) is 2.79. The van der Waals surface area contributed by atoms with Gasteiger partial charge >= 0.3 is 17.1 Å². The van der Waals surface area contributed by atoms with E-state index >= 15 is 0 Å². The number of nitrogens with two attached hydrogens (primary N) is 1. The van der Waals surface area contributed by atoms with Gasteiger partial charge in [-0.3, -0.25) is 4.79 Å². The van der Waals surface area contributed by atoms with Crippen LogP contribution in [0.15, 0.2) is 0 Å². The van der Waals surface area contributed by atoms with E-state index in [2.05, 4.69) is 5.73 Å². The Morgan fingerprint density at radius 1 is 1.83 bits per heavy atom. The third kappa shape index (κ3) is 9.26. The van der Waals surface area contributed by atoms with Crippen molar-refractivity contribution >= 4 is 6.03 Å². The Labute approximate surface area is 45.7 Å². The zero-order valence-corrected chi connectivity index (χ0v) is 3.73. The number of urea groups is 1. The summed E-state index contributed by atoms with van der Waals surface area (Å²) >= 11 is 0. The standard InChI is InChI=1S/CH4N3O.Cu/c2-1(5)4-3;/h3H,(H3,2,4,5);/q-1;+1. The molecule has 0 fully saturated rings. The van der Waals surface area contributed by atoms with Crippen LogP contribution in [0.2, 0.25) is 0 Å². The van der Waals surface area contributed by atoms with E-state index in [1.165, 1.54) is 5.43 Å². The molecule has 4 nitrogen and oxygen atoms in total. The monoisotopic (exact) mass is 137 g/mol. The van der Waals surface area contributed by atoms with Crippen molar-refractivity contribution in [3.05, 3.63) is 5.84 Å². The number of carbonyl (C=O) groups is 1. The maximum absolute atomic E-state index is 9.29. The second-order valence-corrected chi connectivity index (χ2v) is 0.489. The van der Waals surface area contributed by atoms with Crippen LogP contribution >= 0.6 is 0 Å². The average molecular weight is 138 g/mol. The van der Waals surface area contributed by atoms with Crippen molar-refractivity contribution < 1.29 is 21.9 Å². The summed E-state index contributed by atoms with van der Waals surface area (Å²) in [7, 11) is 0. The largest absolute Gasteiger partial charge is 1.00 e. The first kappa shape index (κ1) is 9.23. The summed E-state index contributed by atoms with van der Waals surface area (Å²) in [5.41, 5.74) is 5.77. The van der Waals surface area contributed by atoms with E-state index in [9.17, 15) is 4.79 Å². The molecule has 0 spiro atoms. The first-order valence-corrected chi connectivity index (χ1v) is 0.993. The molecule has 0 atom stereocenters. The van der Waals surface area contributed by atoms with Gasteiger partial charge in [-0.15, -0.1) is 0 Å². The van der Waals surface area contributed by atoms with E-state index in [4.69, 9.17) is 5.84 Å². The van der Waals surface area contributed by atoms with Gasteiger partial charge in [-0.1, -0.05) is 0 Å². The van der Waals surface area contributed by atoms with E-state index in [0.29, 0.717) is 0 Å². The fourth-order valence-corrected chi connectivity index (χ4v) is 0. The van der Waals surface area contributed by atoms with Gasteiger partial charge in [0.2, 0.25) is 0 Å². The van der Waals surface area contributed by atoms with Gasteiger partial charge in [0, 0.05) is 0 Å². The van der Waals surface area contributed by atoms with Gasteiger partial charge in [0.25, 0.3) is 6.03 Å². The molecule has 0 aliphatic carbocycles. The van der Waals surface area contributed by atoms with E-state index in [-0.39, 0.29) is 17.1 Å². The Balaban J connectivity index is 0. The molecule has 6 heavy (non-hydrogen) atoms. The molecule has 0 heterocycles. The molecule has 0 aromatic rings. The van der Waals surface area contributed by atoms with Crippen LogP contribution in [0.5, 0.6) is 0 Å². The number of amides is 2. The summed E-state index contributed by atoms with van der Waals surface area (Å²) in [4.78, 5) is 9.29. The molecule has 0 aromatic heterocycles. The van der Waals surface area contributed by atoms with Crippen LogP contribution in [0.1, 0.15) is 0 Å². The quantitative estimate of drug-likeness (QED) is 0.347. The van der Waals surface area contributed by atoms with E-state index in [0.717, 1.165) is 0 Å². The van der Waals surface area contributed by atoms with Gasteiger partial charge in [-0.05, 0) is 0 Å². The molecule has 2 amide bonds. The molecule has 0 bridgehead atoms. The van der Waals surface area contributed by atoms with Crippen LogP contribution < -0.4 is 11.2 Å². The molecule has 0 saturated heterocycles. The van der Waals surface area contributed by atoms with Gasteiger partial charge in [0.05, 0.1) is 0 Å². The Morgan fingerprint density at radius 2 is 2.00 bits per heavy atom. The Morgan fingerprint density at radius 3 is 2.00 bits per heavy atom. The number of nitrogens with one attached hydrogen (secondary N) is 2. The third-order valence-corrected chi connectivity index (χ3v) is 0.123. The fraction of sp³-hybridized carbons (Fsp3) is 0. The van der Waals surface area contributed by atoms with Crippen LogP contribution in [0.25, 0.3) is 5.84 Å². The van der Waals surface area contributed by atoms with E-state index in [1.807, 2.05) is 0 Å². The average Bonchev–Trinajstić information content (AvgIpc) is 1.38. The molecule has 0 radical (unpaired) electrons. The minimum Gasteiger partial charge on any atom is -0.582 e. The predicted molar refractivity (Wildman–Crippen MR) is 17.0 cm³/mol. The normalized spacial score (nSPS) is 5.50. The van der Waals surface area contributed by atoms with Gasteiger partial charge in [-0.25, -0.2) is 0 Å². The van der Waals surface area contributed by atoms with E-state index < -0.39 is 6.03 Å². The van der Waals surface area contributed by atoms with Crippen LogP contribution in [0, 0.1) is 0 Å². The Kier molecular flexibility index (Phi) is 7.30. The summed E-state index contributed by atoms with van der Waals surface area (Å²) in [5, 5.41) is 0. The number of carbonyl (C=O) groups excluding carboxylic acids is 1. The van der Waals surface area contributed by atoms with E-state index in [1.54, 1.807) is 0 Å². The molecular formula is CH4CuN3O. The van der Waals surface area contributed by atoms with Crippen molar-refractivity contribution in [2.75, 3.05) is 0 Å². The maximum atomic E-state index is 9.29. The van der Waals surface area contributed by atoms with Crippen molar-refractivity contribution in [1.82, 2.24) is 5.43 Å². The zero-order chi connectivity index (χ0) is 4.28. The second-order valence-electron chi connectivity index (χ2n) is 0.489. The van der Waals surface area contributed by atoms with Crippen molar-refractivity contribution in [3.8, 4) is 0 Å². The summed E-state index contributed by atoms with van der Waals surface area (Å²) in [6.07, 6.45) is 0. The van der Waals surface area contributed by atoms with Crippen molar-refractivity contribution in [1.29, 1.82) is 0 Å². The van der Waals surface area contributed by atoms with Crippen LogP contribution in [-0.2, 0) is 17.1 Å². The number of hydrogen-bond acceptors (Lipinski definition) is 1. The van der Waals surface area contributed by atoms with Crippen molar-refractivity contribution in [2.24, 2.45) is 5.73 Å². The maximum Gasteiger partial charge on any atom is 1.00 e. The third-order valence-electron chi connectivity index (χ3n) is 0.123. The van der Waals surface area contributed by atoms with Gasteiger partial charge in [0.15, 0.2) is 0 Å². The summed E-state index contributed by atoms with van der Waals surface area (Å²) in [6, 6.07) is -0.829. The predicted octanol–water partition coefficient (Wildman–Crippen LogP) is -0.381. The molecule has 4 N–H and O–H groups in total. The first-order chi connectivity index (χ1) is 2.27. The molecule has 40 valence electrons. The molecule has 0 saturated carbocycles. The molecule has 0 aromatic carbocycles. The van der Waals surface area contributed by atoms with Gasteiger partial charge < -0.3 is 17.0 Å². The number of rotatable bonds is 0. The Bertz CT molecular complexity index is 46.1. The topological polar surface area (TPSA) is 78.9 Å². The van der Waals surface area contributed by atoms with Crippen LogP contribution in [-0.4, -0.2) is 6.03 Å². The van der Waals surface area contributed by atoms with Crippen LogP contribution in [0.4, 0.5) is 4.79 Å². The van der Waals surface area contributed by atoms with Crippen molar-refractivity contribution in [3.63, 3.8) is 0 Å². The number of hydrogen-bond donors (Lipinski definition) is 2. The summed E-state index contributed by atoms with van der Waals surface area (Å²) in [6.45, 7) is 0. The van der Waals surface area contributed by atoms with Gasteiger partial charge in [-0.2, -0.15) is 0 Å². The van der Waals surface area contributed by atoms with Gasteiger partial charge in [0.1, 0.15) is 0 Å². The second kappa shape index (κ2) is 4.75. The summed E-state index contributed by atoms with van der Waals surface area (Å²) in [5.74, 6) is 5.93. The van der Waals surface area contributed by atoms with Crippen LogP contribution in [0.3, 0.4) is 0 Å². The Hall–Kier alpha value is -0.251. The fourth-order valence-electron chi connectivity index (χ4n) is 0. The molecule has 5 heteroatoms. The molecule has 0 unspecified atom stereocenters. The summed E-state index contributed by atoms with van der Waals surface area (Å²) < 4.78 is 0. The smallest absolute Gasteiger partial charge is 0.582 e. The number of primary amides is 1. The minimum absolute atomic E-state index is 0.